The molecule has 0 aromatic rings. The molecule has 2 fully saturated rings. The lowest BCUT2D eigenvalue weighted by Gasteiger charge is -2.42. The summed E-state index contributed by atoms with van der Waals surface area (Å²) in [5.74, 6) is -0.935. The van der Waals surface area contributed by atoms with Gasteiger partial charge in [-0.15, -0.1) is 0 Å². The Bertz CT molecular complexity index is 1450. The maximum absolute atomic E-state index is 13.1. The summed E-state index contributed by atoms with van der Waals surface area (Å²) >= 11 is 0. The van der Waals surface area contributed by atoms with Gasteiger partial charge in [0.2, 0.25) is 0 Å². The highest BCUT2D eigenvalue weighted by Crippen LogP contribution is 2.27. The molecule has 0 aromatic carbocycles. The van der Waals surface area contributed by atoms with E-state index in [1.54, 1.807) is 0 Å². The highest BCUT2D eigenvalue weighted by atomic mass is 16.7. The largest absolute Gasteiger partial charge is 0.462 e. The Balaban J connectivity index is 1.77. The first kappa shape index (κ1) is 66.6. The van der Waals surface area contributed by atoms with Gasteiger partial charge in [-0.3, -0.25) is 9.59 Å². The van der Waals surface area contributed by atoms with E-state index < -0.39 is 92.7 Å². The number of aliphatic hydroxyl groups excluding tert-OH is 7. The van der Waals surface area contributed by atoms with E-state index in [4.69, 9.17) is 28.4 Å². The molecule has 2 aliphatic heterocycles. The zero-order chi connectivity index (χ0) is 53.2. The second-order valence-electron chi connectivity index (χ2n) is 20.1. The van der Waals surface area contributed by atoms with Crippen LogP contribution in [0.25, 0.3) is 0 Å². The number of unbranched alkanes of at least 4 members (excludes halogenated alkanes) is 23. The smallest absolute Gasteiger partial charge is 0.306 e. The van der Waals surface area contributed by atoms with Crippen molar-refractivity contribution in [3.8, 4) is 0 Å². The van der Waals surface area contributed by atoms with Gasteiger partial charge < -0.3 is 64.2 Å². The minimum Gasteiger partial charge on any atom is -0.462 e. The van der Waals surface area contributed by atoms with Crippen LogP contribution in [0.5, 0.6) is 0 Å². The monoisotopic (exact) mass is 1040 g/mol. The fourth-order valence-electron chi connectivity index (χ4n) is 8.81. The maximum atomic E-state index is 13.1. The van der Waals surface area contributed by atoms with E-state index in [2.05, 4.69) is 62.5 Å². The number of carbonyl (C=O) groups is 2. The van der Waals surface area contributed by atoms with Crippen LogP contribution in [0.2, 0.25) is 0 Å². The van der Waals surface area contributed by atoms with Crippen molar-refractivity contribution in [2.75, 3.05) is 26.4 Å². The van der Waals surface area contributed by atoms with E-state index in [1.165, 1.54) is 96.3 Å². The van der Waals surface area contributed by atoms with E-state index in [0.29, 0.717) is 12.8 Å². The fourth-order valence-corrected chi connectivity index (χ4v) is 8.81. The van der Waals surface area contributed by atoms with E-state index in [9.17, 15) is 45.3 Å². The van der Waals surface area contributed by atoms with Gasteiger partial charge in [-0.25, -0.2) is 0 Å². The molecular weight excluding hydrogens is 937 g/mol. The van der Waals surface area contributed by atoms with Gasteiger partial charge in [0.05, 0.1) is 19.8 Å². The van der Waals surface area contributed by atoms with Gasteiger partial charge in [0, 0.05) is 12.8 Å². The first-order valence-electron chi connectivity index (χ1n) is 28.7. The van der Waals surface area contributed by atoms with Crippen LogP contribution in [-0.2, 0) is 38.0 Å². The van der Waals surface area contributed by atoms with Crippen molar-refractivity contribution in [2.45, 2.75) is 280 Å². The zero-order valence-electron chi connectivity index (χ0n) is 45.1. The minimum atomic E-state index is -1.77. The van der Waals surface area contributed by atoms with Gasteiger partial charge in [-0.1, -0.05) is 172 Å². The highest BCUT2D eigenvalue weighted by molar-refractivity contribution is 5.70. The van der Waals surface area contributed by atoms with Crippen molar-refractivity contribution in [2.24, 2.45) is 0 Å². The first-order valence-corrected chi connectivity index (χ1v) is 28.7. The Morgan fingerprint density at radius 2 is 0.822 bits per heavy atom. The molecule has 2 heterocycles. The number of esters is 2. The van der Waals surface area contributed by atoms with Crippen LogP contribution < -0.4 is 0 Å². The molecule has 2 saturated heterocycles. The molecule has 0 saturated carbocycles. The maximum Gasteiger partial charge on any atom is 0.306 e. The molecule has 11 unspecified atom stereocenters. The van der Waals surface area contributed by atoms with Crippen molar-refractivity contribution in [1.82, 2.24) is 0 Å². The van der Waals surface area contributed by atoms with Crippen LogP contribution in [0.4, 0.5) is 0 Å². The fraction of sp³-hybridized carbons (Fsp3) is 0.828. The third-order valence-electron chi connectivity index (χ3n) is 13.5. The second kappa shape index (κ2) is 44.6. The number of rotatable bonds is 45. The Morgan fingerprint density at radius 1 is 0.438 bits per heavy atom. The van der Waals surface area contributed by atoms with Crippen LogP contribution in [0.15, 0.2) is 48.6 Å². The lowest BCUT2D eigenvalue weighted by molar-refractivity contribution is -0.332. The molecule has 0 spiro atoms. The molecule has 424 valence electrons. The van der Waals surface area contributed by atoms with Crippen LogP contribution in [-0.4, -0.2) is 142 Å². The summed E-state index contributed by atoms with van der Waals surface area (Å²) in [6, 6.07) is 0. The molecule has 0 amide bonds. The molecule has 73 heavy (non-hydrogen) atoms. The molecule has 0 bridgehead atoms. The van der Waals surface area contributed by atoms with Crippen molar-refractivity contribution >= 4 is 11.9 Å². The minimum absolute atomic E-state index is 0.158. The Kier molecular flexibility index (Phi) is 40.6. The topological polar surface area (TPSA) is 231 Å². The predicted molar refractivity (Wildman–Crippen MR) is 284 cm³/mol. The van der Waals surface area contributed by atoms with Crippen molar-refractivity contribution in [1.29, 1.82) is 0 Å². The summed E-state index contributed by atoms with van der Waals surface area (Å²) < 4.78 is 33.7. The average molecular weight is 1040 g/mol. The lowest BCUT2D eigenvalue weighted by atomic mass is 9.98. The molecule has 7 N–H and O–H groups in total. The van der Waals surface area contributed by atoms with Gasteiger partial charge in [0.1, 0.15) is 55.4 Å². The quantitative estimate of drug-likeness (QED) is 0.0171. The summed E-state index contributed by atoms with van der Waals surface area (Å²) in [6.07, 6.45) is 34.1. The summed E-state index contributed by atoms with van der Waals surface area (Å²) in [6.45, 7) is 2.56. The summed E-state index contributed by atoms with van der Waals surface area (Å²) in [4.78, 5) is 25.9. The summed E-state index contributed by atoms with van der Waals surface area (Å²) in [7, 11) is 0. The van der Waals surface area contributed by atoms with Crippen molar-refractivity contribution in [3.63, 3.8) is 0 Å². The number of hydrogen-bond donors (Lipinski definition) is 7. The highest BCUT2D eigenvalue weighted by Gasteiger charge is 2.47. The molecule has 0 aromatic heterocycles. The van der Waals surface area contributed by atoms with E-state index in [-0.39, 0.29) is 26.1 Å². The zero-order valence-corrected chi connectivity index (χ0v) is 45.1. The molecule has 0 aliphatic carbocycles. The van der Waals surface area contributed by atoms with Crippen LogP contribution in [0, 0.1) is 0 Å². The van der Waals surface area contributed by atoms with Gasteiger partial charge >= 0.3 is 11.9 Å². The Hall–Kier alpha value is -2.54. The molecule has 15 nitrogen and oxygen atoms in total. The number of aliphatic hydroxyl groups is 7. The Morgan fingerprint density at radius 3 is 1.30 bits per heavy atom. The van der Waals surface area contributed by atoms with Crippen LogP contribution in [0.3, 0.4) is 0 Å². The van der Waals surface area contributed by atoms with Crippen molar-refractivity contribution in [3.05, 3.63) is 48.6 Å². The first-order chi connectivity index (χ1) is 35.5. The number of allylic oxidation sites excluding steroid dienone is 8. The third kappa shape index (κ3) is 32.0. The van der Waals surface area contributed by atoms with Gasteiger partial charge in [-0.2, -0.15) is 0 Å². The van der Waals surface area contributed by atoms with Crippen molar-refractivity contribution < 1.29 is 73.8 Å². The predicted octanol–water partition coefficient (Wildman–Crippen LogP) is 9.44. The molecule has 0 radical (unpaired) electrons. The molecule has 2 aliphatic rings. The molecule has 11 atom stereocenters. The standard InChI is InChI=1S/C58H102O15/c1-3-5-7-9-11-13-15-17-19-21-23-25-27-29-31-33-35-37-39-41-50(61)71-46(43-68-49(60)40-38-36-34-32-30-28-26-24-22-20-18-16-14-12-10-8-6-4-2)44-69-57-56(67)54(65)52(63)48(73-57)45-70-58-55(66)53(64)51(62)47(42-59)72-58/h11,13-14,16-17,19-20,22,46-48,51-59,62-67H,3-10,12,15,18,21,23-45H2,1-2H3/b13-11-,16-14-,19-17-,22-20-. The van der Waals surface area contributed by atoms with Crippen LogP contribution >= 0.6 is 0 Å². The molecule has 2 rings (SSSR count). The number of hydrogen-bond acceptors (Lipinski definition) is 15. The summed E-state index contributed by atoms with van der Waals surface area (Å²) in [5, 5.41) is 72.3. The van der Waals surface area contributed by atoms with E-state index >= 15 is 0 Å². The van der Waals surface area contributed by atoms with Gasteiger partial charge in [0.15, 0.2) is 18.7 Å². The van der Waals surface area contributed by atoms with Crippen LogP contribution in [0.1, 0.15) is 213 Å². The SMILES string of the molecule is CCCCC/C=C\C/C=C\CCCCCCCCCCCC(=O)OC(COC(=O)CCCCCCCCC/C=C\C/C=C\CCCCCC)COC1OC(COC2OC(CO)C(O)C(O)C2O)C(O)C(O)C1O. The number of ether oxygens (including phenoxy) is 6. The average Bonchev–Trinajstić information content (AvgIpc) is 3.38. The normalized spacial score (nSPS) is 25.2. The summed E-state index contributed by atoms with van der Waals surface area (Å²) in [5.41, 5.74) is 0. The lowest BCUT2D eigenvalue weighted by Crippen LogP contribution is -2.61. The molecular formula is C58H102O15. The van der Waals surface area contributed by atoms with E-state index in [1.807, 2.05) is 0 Å². The van der Waals surface area contributed by atoms with E-state index in [0.717, 1.165) is 77.0 Å². The molecule has 15 heteroatoms. The Labute approximate surface area is 439 Å². The number of carbonyl (C=O) groups excluding carboxylic acids is 2. The third-order valence-corrected chi connectivity index (χ3v) is 13.5. The van der Waals surface area contributed by atoms with Gasteiger partial charge in [-0.05, 0) is 77.0 Å². The second-order valence-corrected chi connectivity index (χ2v) is 20.1. The van der Waals surface area contributed by atoms with Gasteiger partial charge in [0.25, 0.3) is 0 Å².